The van der Waals surface area contributed by atoms with Crippen LogP contribution in [-0.4, -0.2) is 52.4 Å². The van der Waals surface area contributed by atoms with Gasteiger partial charge in [-0.2, -0.15) is 0 Å². The standard InChI is InChI=1S/C19H21N3O3/c1-21-11-5-9-19(18(21)24)10-6-12-22(19)17(23)16-13-15(20-25-16)14-7-3-2-4-8-14/h2-4,7-8,13H,5-6,9-12H2,1H3. The molecule has 4 rings (SSSR count). The molecule has 2 aliphatic rings. The molecule has 2 aliphatic heterocycles. The molecule has 1 aromatic heterocycles. The number of benzene rings is 1. The van der Waals surface area contributed by atoms with E-state index >= 15 is 0 Å². The van der Waals surface area contributed by atoms with Crippen LogP contribution in [0.15, 0.2) is 40.9 Å². The van der Waals surface area contributed by atoms with Gasteiger partial charge in [-0.1, -0.05) is 35.5 Å². The Kier molecular flexibility index (Phi) is 3.82. The van der Waals surface area contributed by atoms with Crippen molar-refractivity contribution in [3.63, 3.8) is 0 Å². The average molecular weight is 339 g/mol. The number of carbonyl (C=O) groups excluding carboxylic acids is 2. The molecule has 0 bridgehead atoms. The highest BCUT2D eigenvalue weighted by atomic mass is 16.5. The van der Waals surface area contributed by atoms with E-state index in [1.807, 2.05) is 37.4 Å². The van der Waals surface area contributed by atoms with Crippen molar-refractivity contribution in [2.45, 2.75) is 31.2 Å². The Morgan fingerprint density at radius 3 is 2.64 bits per heavy atom. The minimum absolute atomic E-state index is 0.0485. The maximum atomic E-state index is 13.0. The average Bonchev–Trinajstić information content (AvgIpc) is 3.28. The normalized spacial score (nSPS) is 23.5. The molecule has 2 saturated heterocycles. The van der Waals surface area contributed by atoms with Crippen molar-refractivity contribution in [2.24, 2.45) is 0 Å². The van der Waals surface area contributed by atoms with Gasteiger partial charge in [0, 0.05) is 31.8 Å². The van der Waals surface area contributed by atoms with Crippen LogP contribution in [0.2, 0.25) is 0 Å². The highest BCUT2D eigenvalue weighted by molar-refractivity contribution is 5.98. The third kappa shape index (κ3) is 2.52. The van der Waals surface area contributed by atoms with E-state index in [0.29, 0.717) is 12.2 Å². The van der Waals surface area contributed by atoms with Crippen molar-refractivity contribution in [1.29, 1.82) is 0 Å². The minimum atomic E-state index is -0.705. The highest BCUT2D eigenvalue weighted by Gasteiger charge is 2.52. The van der Waals surface area contributed by atoms with Gasteiger partial charge < -0.3 is 14.3 Å². The van der Waals surface area contributed by atoms with Crippen LogP contribution in [0.3, 0.4) is 0 Å². The largest absolute Gasteiger partial charge is 0.350 e. The Morgan fingerprint density at radius 2 is 1.88 bits per heavy atom. The van der Waals surface area contributed by atoms with E-state index < -0.39 is 5.54 Å². The number of hydrogen-bond acceptors (Lipinski definition) is 4. The van der Waals surface area contributed by atoms with Gasteiger partial charge >= 0.3 is 0 Å². The molecule has 0 N–H and O–H groups in total. The monoisotopic (exact) mass is 339 g/mol. The topological polar surface area (TPSA) is 66.7 Å². The molecule has 2 aromatic rings. The number of likely N-dealkylation sites (tertiary alicyclic amines) is 2. The second-order valence-electron chi connectivity index (χ2n) is 6.86. The number of hydrogen-bond donors (Lipinski definition) is 0. The fourth-order valence-electron chi connectivity index (χ4n) is 4.08. The summed E-state index contributed by atoms with van der Waals surface area (Å²) in [5, 5.41) is 4.03. The summed E-state index contributed by atoms with van der Waals surface area (Å²) in [5.41, 5.74) is 0.822. The number of likely N-dealkylation sites (N-methyl/N-ethyl adjacent to an activating group) is 1. The zero-order valence-corrected chi connectivity index (χ0v) is 14.3. The molecule has 0 aliphatic carbocycles. The van der Waals surface area contributed by atoms with E-state index in [1.54, 1.807) is 15.9 Å². The molecule has 1 aromatic carbocycles. The molecule has 6 heteroatoms. The number of nitrogens with zero attached hydrogens (tertiary/aromatic N) is 3. The fraction of sp³-hybridized carbons (Fsp3) is 0.421. The first-order valence-corrected chi connectivity index (χ1v) is 8.71. The summed E-state index contributed by atoms with van der Waals surface area (Å²) in [6, 6.07) is 11.3. The van der Waals surface area contributed by atoms with Crippen LogP contribution in [0, 0.1) is 0 Å². The third-order valence-electron chi connectivity index (χ3n) is 5.35. The van der Waals surface area contributed by atoms with Gasteiger partial charge in [0.2, 0.25) is 11.7 Å². The Balaban J connectivity index is 1.62. The lowest BCUT2D eigenvalue weighted by Gasteiger charge is -2.43. The SMILES string of the molecule is CN1CCCC2(CCCN2C(=O)c2cc(-c3ccccc3)no2)C1=O. The van der Waals surface area contributed by atoms with Crippen molar-refractivity contribution >= 4 is 11.8 Å². The van der Waals surface area contributed by atoms with Gasteiger partial charge in [-0.3, -0.25) is 9.59 Å². The van der Waals surface area contributed by atoms with Crippen molar-refractivity contribution in [3.05, 3.63) is 42.2 Å². The summed E-state index contributed by atoms with van der Waals surface area (Å²) in [4.78, 5) is 29.3. The van der Waals surface area contributed by atoms with E-state index in [4.69, 9.17) is 4.52 Å². The van der Waals surface area contributed by atoms with Crippen LogP contribution in [-0.2, 0) is 4.79 Å². The Labute approximate surface area is 146 Å². The van der Waals surface area contributed by atoms with E-state index in [0.717, 1.165) is 37.8 Å². The first kappa shape index (κ1) is 15.9. The van der Waals surface area contributed by atoms with E-state index in [9.17, 15) is 9.59 Å². The summed E-state index contributed by atoms with van der Waals surface area (Å²) < 4.78 is 5.32. The third-order valence-corrected chi connectivity index (χ3v) is 5.35. The lowest BCUT2D eigenvalue weighted by Crippen LogP contribution is -2.60. The van der Waals surface area contributed by atoms with E-state index in [1.165, 1.54) is 0 Å². The van der Waals surface area contributed by atoms with Crippen LogP contribution in [0.5, 0.6) is 0 Å². The smallest absolute Gasteiger partial charge is 0.293 e. The highest BCUT2D eigenvalue weighted by Crippen LogP contribution is 2.39. The first-order chi connectivity index (χ1) is 12.1. The van der Waals surface area contributed by atoms with Crippen LogP contribution in [0.1, 0.15) is 36.2 Å². The number of carbonyl (C=O) groups is 2. The molecule has 1 unspecified atom stereocenters. The van der Waals surface area contributed by atoms with E-state index in [2.05, 4.69) is 5.16 Å². The maximum absolute atomic E-state index is 13.0. The summed E-state index contributed by atoms with van der Waals surface area (Å²) in [6.45, 7) is 1.34. The molecule has 2 amide bonds. The quantitative estimate of drug-likeness (QED) is 0.843. The Hall–Kier alpha value is -2.63. The number of amides is 2. The van der Waals surface area contributed by atoms with Crippen LogP contribution in [0.25, 0.3) is 11.3 Å². The van der Waals surface area contributed by atoms with Crippen LogP contribution in [0.4, 0.5) is 0 Å². The zero-order chi connectivity index (χ0) is 17.4. The molecular formula is C19H21N3O3. The van der Waals surface area contributed by atoms with Gasteiger partial charge in [0.1, 0.15) is 11.2 Å². The summed E-state index contributed by atoms with van der Waals surface area (Å²) >= 11 is 0. The van der Waals surface area contributed by atoms with Crippen LogP contribution < -0.4 is 0 Å². The molecule has 3 heterocycles. The predicted molar refractivity (Wildman–Crippen MR) is 91.8 cm³/mol. The lowest BCUT2D eigenvalue weighted by atomic mass is 9.85. The van der Waals surface area contributed by atoms with Crippen LogP contribution >= 0.6 is 0 Å². The summed E-state index contributed by atoms with van der Waals surface area (Å²) in [5.74, 6) is 0.00406. The molecule has 130 valence electrons. The second-order valence-corrected chi connectivity index (χ2v) is 6.86. The van der Waals surface area contributed by atoms with Crippen molar-refractivity contribution in [1.82, 2.24) is 15.0 Å². The van der Waals surface area contributed by atoms with Gasteiger partial charge in [0.25, 0.3) is 5.91 Å². The Bertz CT molecular complexity index is 801. The number of rotatable bonds is 2. The zero-order valence-electron chi connectivity index (χ0n) is 14.3. The van der Waals surface area contributed by atoms with Gasteiger partial charge in [0.15, 0.2) is 0 Å². The van der Waals surface area contributed by atoms with Crippen molar-refractivity contribution < 1.29 is 14.1 Å². The summed E-state index contributed by atoms with van der Waals surface area (Å²) in [6.07, 6.45) is 3.20. The minimum Gasteiger partial charge on any atom is -0.350 e. The molecule has 1 atom stereocenters. The van der Waals surface area contributed by atoms with Gasteiger partial charge in [-0.15, -0.1) is 0 Å². The lowest BCUT2D eigenvalue weighted by molar-refractivity contribution is -0.144. The maximum Gasteiger partial charge on any atom is 0.293 e. The van der Waals surface area contributed by atoms with Crippen molar-refractivity contribution in [3.8, 4) is 11.3 Å². The summed E-state index contributed by atoms with van der Waals surface area (Å²) in [7, 11) is 1.81. The number of aromatic nitrogens is 1. The molecule has 6 nitrogen and oxygen atoms in total. The number of piperidine rings is 1. The van der Waals surface area contributed by atoms with E-state index in [-0.39, 0.29) is 17.6 Å². The molecular weight excluding hydrogens is 318 g/mol. The molecule has 0 radical (unpaired) electrons. The first-order valence-electron chi connectivity index (χ1n) is 8.71. The molecule has 0 saturated carbocycles. The molecule has 25 heavy (non-hydrogen) atoms. The van der Waals surface area contributed by atoms with Crippen molar-refractivity contribution in [2.75, 3.05) is 20.1 Å². The molecule has 2 fully saturated rings. The second kappa shape index (κ2) is 6.02. The van der Waals surface area contributed by atoms with Gasteiger partial charge in [-0.05, 0) is 25.7 Å². The molecule has 1 spiro atoms. The van der Waals surface area contributed by atoms with Gasteiger partial charge in [-0.25, -0.2) is 0 Å². The predicted octanol–water partition coefficient (Wildman–Crippen LogP) is 2.57. The van der Waals surface area contributed by atoms with Gasteiger partial charge in [0.05, 0.1) is 0 Å². The Morgan fingerprint density at radius 1 is 1.16 bits per heavy atom. The fourth-order valence-corrected chi connectivity index (χ4v) is 4.08.